The molecular weight excluding hydrogens is 230 g/mol. The van der Waals surface area contributed by atoms with Crippen LogP contribution in [-0.2, 0) is 14.9 Å². The Morgan fingerprint density at radius 3 is 2.35 bits per heavy atom. The van der Waals surface area contributed by atoms with E-state index in [1.165, 1.54) is 6.07 Å². The number of ether oxygens (including phenoxy) is 1. The Bertz CT molecular complexity index is 433. The van der Waals surface area contributed by atoms with Crippen LogP contribution in [0.4, 0.5) is 8.78 Å². The Morgan fingerprint density at radius 2 is 1.94 bits per heavy atom. The number of aliphatic hydroxyl groups excluding tert-OH is 1. The Morgan fingerprint density at radius 1 is 1.41 bits per heavy atom. The molecule has 1 aromatic rings. The molecule has 1 saturated carbocycles. The van der Waals surface area contributed by atoms with Crippen molar-refractivity contribution in [2.75, 3.05) is 7.11 Å². The van der Waals surface area contributed by atoms with Gasteiger partial charge >= 0.3 is 5.97 Å². The van der Waals surface area contributed by atoms with E-state index in [0.29, 0.717) is 0 Å². The summed E-state index contributed by atoms with van der Waals surface area (Å²) >= 11 is 0. The lowest BCUT2D eigenvalue weighted by atomic mass is 9.62. The van der Waals surface area contributed by atoms with E-state index in [4.69, 9.17) is 0 Å². The summed E-state index contributed by atoms with van der Waals surface area (Å²) in [6.07, 6.45) is -0.761. The molecule has 0 aromatic heterocycles. The van der Waals surface area contributed by atoms with E-state index >= 15 is 0 Å². The number of hydrogen-bond acceptors (Lipinski definition) is 3. The molecule has 0 amide bonds. The van der Waals surface area contributed by atoms with E-state index in [-0.39, 0.29) is 18.4 Å². The fourth-order valence-corrected chi connectivity index (χ4v) is 2.37. The SMILES string of the molecule is COC(=O)C1(c2c(F)cccc2F)CC(O)C1. The maximum Gasteiger partial charge on any atom is 0.316 e. The molecule has 1 aliphatic carbocycles. The first-order valence-electron chi connectivity index (χ1n) is 5.22. The van der Waals surface area contributed by atoms with Gasteiger partial charge in [0.15, 0.2) is 0 Å². The van der Waals surface area contributed by atoms with Crippen LogP contribution in [0.15, 0.2) is 18.2 Å². The molecule has 0 atom stereocenters. The van der Waals surface area contributed by atoms with Crippen molar-refractivity contribution < 1.29 is 23.4 Å². The summed E-state index contributed by atoms with van der Waals surface area (Å²) in [4.78, 5) is 11.7. The van der Waals surface area contributed by atoms with Crippen molar-refractivity contribution in [3.63, 3.8) is 0 Å². The Labute approximate surface area is 97.0 Å². The molecule has 5 heteroatoms. The normalized spacial score (nSPS) is 27.4. The molecule has 0 heterocycles. The summed E-state index contributed by atoms with van der Waals surface area (Å²) < 4.78 is 31.9. The number of aliphatic hydroxyl groups is 1. The van der Waals surface area contributed by atoms with Crippen LogP contribution in [0.25, 0.3) is 0 Å². The lowest BCUT2D eigenvalue weighted by Crippen LogP contribution is -2.52. The van der Waals surface area contributed by atoms with Crippen LogP contribution in [-0.4, -0.2) is 24.3 Å². The third-order valence-electron chi connectivity index (χ3n) is 3.19. The van der Waals surface area contributed by atoms with Crippen LogP contribution in [0.3, 0.4) is 0 Å². The highest BCUT2D eigenvalue weighted by atomic mass is 19.1. The van der Waals surface area contributed by atoms with Gasteiger partial charge in [0.25, 0.3) is 0 Å². The molecule has 0 radical (unpaired) electrons. The zero-order valence-electron chi connectivity index (χ0n) is 9.24. The minimum absolute atomic E-state index is 0.0163. The molecule has 17 heavy (non-hydrogen) atoms. The van der Waals surface area contributed by atoms with Crippen LogP contribution in [0.1, 0.15) is 18.4 Å². The number of halogens is 2. The summed E-state index contributed by atoms with van der Waals surface area (Å²) in [5.41, 5.74) is -1.69. The number of rotatable bonds is 2. The fraction of sp³-hybridized carbons (Fsp3) is 0.417. The van der Waals surface area contributed by atoms with Gasteiger partial charge in [0.05, 0.1) is 13.2 Å². The predicted octanol–water partition coefficient (Wildman–Crippen LogP) is 1.53. The zero-order chi connectivity index (χ0) is 12.6. The molecule has 1 aliphatic rings. The van der Waals surface area contributed by atoms with E-state index in [1.54, 1.807) is 0 Å². The quantitative estimate of drug-likeness (QED) is 0.800. The number of methoxy groups -OCH3 is 1. The first-order valence-corrected chi connectivity index (χ1v) is 5.22. The summed E-state index contributed by atoms with van der Waals surface area (Å²) in [6, 6.07) is 3.41. The second kappa shape index (κ2) is 4.07. The Balaban J connectivity index is 2.51. The monoisotopic (exact) mass is 242 g/mol. The van der Waals surface area contributed by atoms with Crippen LogP contribution in [0, 0.1) is 11.6 Å². The van der Waals surface area contributed by atoms with Crippen molar-refractivity contribution in [2.24, 2.45) is 0 Å². The second-order valence-corrected chi connectivity index (χ2v) is 4.23. The van der Waals surface area contributed by atoms with Crippen molar-refractivity contribution in [3.8, 4) is 0 Å². The van der Waals surface area contributed by atoms with Gasteiger partial charge in [-0.1, -0.05) is 6.07 Å². The van der Waals surface area contributed by atoms with Gasteiger partial charge in [-0.2, -0.15) is 0 Å². The number of carbonyl (C=O) groups is 1. The minimum atomic E-state index is -1.39. The molecule has 0 bridgehead atoms. The Kier molecular flexibility index (Phi) is 2.87. The highest BCUT2D eigenvalue weighted by Gasteiger charge is 2.54. The van der Waals surface area contributed by atoms with Gasteiger partial charge in [0, 0.05) is 5.56 Å². The van der Waals surface area contributed by atoms with Crippen LogP contribution < -0.4 is 0 Å². The summed E-state index contributed by atoms with van der Waals surface area (Å²) in [7, 11) is 1.16. The number of hydrogen-bond donors (Lipinski definition) is 1. The largest absolute Gasteiger partial charge is 0.468 e. The average molecular weight is 242 g/mol. The van der Waals surface area contributed by atoms with Gasteiger partial charge in [-0.3, -0.25) is 4.79 Å². The van der Waals surface area contributed by atoms with E-state index in [1.807, 2.05) is 0 Å². The topological polar surface area (TPSA) is 46.5 Å². The van der Waals surface area contributed by atoms with Gasteiger partial charge < -0.3 is 9.84 Å². The third kappa shape index (κ3) is 1.70. The van der Waals surface area contributed by atoms with E-state index in [2.05, 4.69) is 4.74 Å². The standard InChI is InChI=1S/C12H12F2O3/c1-17-11(16)12(5-7(15)6-12)10-8(13)3-2-4-9(10)14/h2-4,7,15H,5-6H2,1H3. The predicted molar refractivity (Wildman–Crippen MR) is 55.3 cm³/mol. The van der Waals surface area contributed by atoms with Crippen LogP contribution >= 0.6 is 0 Å². The average Bonchev–Trinajstić information content (AvgIpc) is 2.24. The molecule has 2 rings (SSSR count). The van der Waals surface area contributed by atoms with Crippen molar-refractivity contribution >= 4 is 5.97 Å². The molecule has 1 aromatic carbocycles. The van der Waals surface area contributed by atoms with Crippen molar-refractivity contribution in [2.45, 2.75) is 24.4 Å². The maximum atomic E-state index is 13.7. The lowest BCUT2D eigenvalue weighted by Gasteiger charge is -2.43. The first-order chi connectivity index (χ1) is 8.01. The summed E-state index contributed by atoms with van der Waals surface area (Å²) in [6.45, 7) is 0. The van der Waals surface area contributed by atoms with Gasteiger partial charge in [-0.05, 0) is 25.0 Å². The molecule has 0 aliphatic heterocycles. The highest BCUT2D eigenvalue weighted by Crippen LogP contribution is 2.46. The second-order valence-electron chi connectivity index (χ2n) is 4.23. The van der Waals surface area contributed by atoms with E-state index in [0.717, 1.165) is 19.2 Å². The summed E-state index contributed by atoms with van der Waals surface area (Å²) in [5.74, 6) is -2.30. The molecular formula is C12H12F2O3. The third-order valence-corrected chi connectivity index (χ3v) is 3.19. The van der Waals surface area contributed by atoms with Crippen molar-refractivity contribution in [3.05, 3.63) is 35.4 Å². The van der Waals surface area contributed by atoms with Crippen molar-refractivity contribution in [1.29, 1.82) is 0 Å². The van der Waals surface area contributed by atoms with Crippen LogP contribution in [0.2, 0.25) is 0 Å². The molecule has 92 valence electrons. The number of carbonyl (C=O) groups excluding carboxylic acids is 1. The highest BCUT2D eigenvalue weighted by molar-refractivity contribution is 5.84. The molecule has 1 fully saturated rings. The van der Waals surface area contributed by atoms with Gasteiger partial charge in [-0.25, -0.2) is 8.78 Å². The molecule has 1 N–H and O–H groups in total. The van der Waals surface area contributed by atoms with Gasteiger partial charge in [0.2, 0.25) is 0 Å². The number of esters is 1. The molecule has 0 unspecified atom stereocenters. The smallest absolute Gasteiger partial charge is 0.316 e. The lowest BCUT2D eigenvalue weighted by molar-refractivity contribution is -0.157. The Hall–Kier alpha value is -1.49. The first kappa shape index (κ1) is 12.0. The minimum Gasteiger partial charge on any atom is -0.468 e. The van der Waals surface area contributed by atoms with Gasteiger partial charge in [-0.15, -0.1) is 0 Å². The summed E-state index contributed by atoms with van der Waals surface area (Å²) in [5, 5.41) is 9.32. The molecule has 0 saturated heterocycles. The van der Waals surface area contributed by atoms with Gasteiger partial charge in [0.1, 0.15) is 17.0 Å². The molecule has 0 spiro atoms. The van der Waals surface area contributed by atoms with E-state index in [9.17, 15) is 18.7 Å². The van der Waals surface area contributed by atoms with Crippen LogP contribution in [0.5, 0.6) is 0 Å². The van der Waals surface area contributed by atoms with E-state index < -0.39 is 29.1 Å². The number of benzene rings is 1. The van der Waals surface area contributed by atoms with Crippen molar-refractivity contribution in [1.82, 2.24) is 0 Å². The molecule has 3 nitrogen and oxygen atoms in total. The maximum absolute atomic E-state index is 13.7. The zero-order valence-corrected chi connectivity index (χ0v) is 9.24. The fourth-order valence-electron chi connectivity index (χ4n) is 2.37.